The third kappa shape index (κ3) is 3.52. The van der Waals surface area contributed by atoms with Crippen molar-refractivity contribution in [1.82, 2.24) is 10.3 Å². The SMILES string of the molecule is N#CC(NC1CCCCC1)c1cncc(Br)c1. The highest BCUT2D eigenvalue weighted by Gasteiger charge is 2.19. The van der Waals surface area contributed by atoms with Crippen LogP contribution in [-0.2, 0) is 0 Å². The van der Waals surface area contributed by atoms with E-state index in [1.807, 2.05) is 6.07 Å². The Morgan fingerprint density at radius 3 is 2.76 bits per heavy atom. The van der Waals surface area contributed by atoms with Gasteiger partial charge in [0.2, 0.25) is 0 Å². The lowest BCUT2D eigenvalue weighted by Crippen LogP contribution is -2.33. The molecular weight excluding hydrogens is 278 g/mol. The van der Waals surface area contributed by atoms with Gasteiger partial charge in [0.15, 0.2) is 0 Å². The molecule has 0 spiro atoms. The summed E-state index contributed by atoms with van der Waals surface area (Å²) in [5, 5.41) is 12.7. The van der Waals surface area contributed by atoms with Crippen LogP contribution in [0.1, 0.15) is 43.7 Å². The number of hydrogen-bond donors (Lipinski definition) is 1. The summed E-state index contributed by atoms with van der Waals surface area (Å²) < 4.78 is 0.917. The van der Waals surface area contributed by atoms with Crippen molar-refractivity contribution in [3.8, 4) is 6.07 Å². The average molecular weight is 294 g/mol. The monoisotopic (exact) mass is 293 g/mol. The first-order chi connectivity index (χ1) is 8.29. The van der Waals surface area contributed by atoms with Gasteiger partial charge >= 0.3 is 0 Å². The number of nitrogens with one attached hydrogen (secondary N) is 1. The van der Waals surface area contributed by atoms with E-state index >= 15 is 0 Å². The van der Waals surface area contributed by atoms with E-state index in [1.165, 1.54) is 32.1 Å². The van der Waals surface area contributed by atoms with Crippen molar-refractivity contribution < 1.29 is 0 Å². The Kier molecular flexibility index (Phi) is 4.52. The van der Waals surface area contributed by atoms with Crippen molar-refractivity contribution in [2.24, 2.45) is 0 Å². The second kappa shape index (κ2) is 6.13. The fourth-order valence-electron chi connectivity index (χ4n) is 2.30. The van der Waals surface area contributed by atoms with Crippen molar-refractivity contribution in [2.45, 2.75) is 44.2 Å². The third-order valence-corrected chi connectivity index (χ3v) is 3.63. The Labute approximate surface area is 110 Å². The molecule has 4 heteroatoms. The molecule has 1 aliphatic rings. The van der Waals surface area contributed by atoms with Crippen molar-refractivity contribution in [2.75, 3.05) is 0 Å². The van der Waals surface area contributed by atoms with E-state index in [-0.39, 0.29) is 6.04 Å². The third-order valence-electron chi connectivity index (χ3n) is 3.20. The minimum Gasteiger partial charge on any atom is -0.295 e. The predicted molar refractivity (Wildman–Crippen MR) is 70.3 cm³/mol. The lowest BCUT2D eigenvalue weighted by molar-refractivity contribution is 0.359. The summed E-state index contributed by atoms with van der Waals surface area (Å²) >= 11 is 3.39. The molecule has 1 unspecified atom stereocenters. The van der Waals surface area contributed by atoms with E-state index in [9.17, 15) is 5.26 Å². The Hall–Kier alpha value is -0.920. The molecule has 0 bridgehead atoms. The van der Waals surface area contributed by atoms with Gasteiger partial charge in [-0.1, -0.05) is 19.3 Å². The summed E-state index contributed by atoms with van der Waals surface area (Å²) in [5.74, 6) is 0. The quantitative estimate of drug-likeness (QED) is 0.930. The highest BCUT2D eigenvalue weighted by molar-refractivity contribution is 9.10. The normalized spacial score (nSPS) is 18.6. The number of aromatic nitrogens is 1. The molecule has 1 atom stereocenters. The number of nitriles is 1. The molecule has 0 aliphatic heterocycles. The molecular formula is C13H16BrN3. The van der Waals surface area contributed by atoms with Gasteiger partial charge in [0, 0.05) is 28.5 Å². The van der Waals surface area contributed by atoms with Crippen LogP contribution in [0.2, 0.25) is 0 Å². The minimum atomic E-state index is -0.247. The van der Waals surface area contributed by atoms with Crippen LogP contribution < -0.4 is 5.32 Å². The zero-order valence-electron chi connectivity index (χ0n) is 9.69. The second-order valence-electron chi connectivity index (χ2n) is 4.50. The van der Waals surface area contributed by atoms with Gasteiger partial charge < -0.3 is 0 Å². The molecule has 0 radical (unpaired) electrons. The summed E-state index contributed by atoms with van der Waals surface area (Å²) in [7, 11) is 0. The maximum Gasteiger partial charge on any atom is 0.123 e. The van der Waals surface area contributed by atoms with Crippen molar-refractivity contribution >= 4 is 15.9 Å². The van der Waals surface area contributed by atoms with E-state index in [1.54, 1.807) is 12.4 Å². The van der Waals surface area contributed by atoms with Crippen LogP contribution in [0.3, 0.4) is 0 Å². The smallest absolute Gasteiger partial charge is 0.123 e. The van der Waals surface area contributed by atoms with Gasteiger partial charge in [-0.25, -0.2) is 0 Å². The molecule has 3 nitrogen and oxygen atoms in total. The number of nitrogens with zero attached hydrogens (tertiary/aromatic N) is 2. The van der Waals surface area contributed by atoms with Gasteiger partial charge in [-0.05, 0) is 34.8 Å². The van der Waals surface area contributed by atoms with Gasteiger partial charge in [-0.15, -0.1) is 0 Å². The topological polar surface area (TPSA) is 48.7 Å². The molecule has 1 heterocycles. The molecule has 0 amide bonds. The number of pyridine rings is 1. The van der Waals surface area contributed by atoms with Gasteiger partial charge in [0.25, 0.3) is 0 Å². The van der Waals surface area contributed by atoms with Crippen LogP contribution in [0.15, 0.2) is 22.9 Å². The standard InChI is InChI=1S/C13H16BrN3/c14-11-6-10(8-16-9-11)13(7-15)17-12-4-2-1-3-5-12/h6,8-9,12-13,17H,1-5H2. The average Bonchev–Trinajstić information content (AvgIpc) is 2.37. The van der Waals surface area contributed by atoms with E-state index in [2.05, 4.69) is 32.3 Å². The van der Waals surface area contributed by atoms with Crippen molar-refractivity contribution in [3.05, 3.63) is 28.5 Å². The number of halogens is 1. The highest BCUT2D eigenvalue weighted by Crippen LogP contribution is 2.22. The minimum absolute atomic E-state index is 0.247. The van der Waals surface area contributed by atoms with Crippen LogP contribution in [0.5, 0.6) is 0 Å². The number of rotatable bonds is 3. The predicted octanol–water partition coefficient (Wildman–Crippen LogP) is 3.33. The molecule has 1 N–H and O–H groups in total. The lowest BCUT2D eigenvalue weighted by atomic mass is 9.94. The molecule has 1 aliphatic carbocycles. The molecule has 1 aromatic rings. The van der Waals surface area contributed by atoms with Crippen molar-refractivity contribution in [1.29, 1.82) is 5.26 Å². The van der Waals surface area contributed by atoms with E-state index in [4.69, 9.17) is 0 Å². The first-order valence-corrected chi connectivity index (χ1v) is 6.85. The Morgan fingerprint density at radius 2 is 2.12 bits per heavy atom. The van der Waals surface area contributed by atoms with Gasteiger partial charge in [0.05, 0.1) is 6.07 Å². The zero-order chi connectivity index (χ0) is 12.1. The zero-order valence-corrected chi connectivity index (χ0v) is 11.3. The van der Waals surface area contributed by atoms with Gasteiger partial charge in [-0.3, -0.25) is 10.3 Å². The van der Waals surface area contributed by atoms with Gasteiger partial charge in [0.1, 0.15) is 6.04 Å². The summed E-state index contributed by atoms with van der Waals surface area (Å²) in [4.78, 5) is 4.11. The Morgan fingerprint density at radius 1 is 1.35 bits per heavy atom. The van der Waals surface area contributed by atoms with E-state index in [0.29, 0.717) is 6.04 Å². The summed E-state index contributed by atoms with van der Waals surface area (Å²) in [6.07, 6.45) is 9.72. The molecule has 2 rings (SSSR count). The maximum atomic E-state index is 9.25. The highest BCUT2D eigenvalue weighted by atomic mass is 79.9. The summed E-state index contributed by atoms with van der Waals surface area (Å²) in [6.45, 7) is 0. The first-order valence-electron chi connectivity index (χ1n) is 6.05. The van der Waals surface area contributed by atoms with Crippen molar-refractivity contribution in [3.63, 3.8) is 0 Å². The lowest BCUT2D eigenvalue weighted by Gasteiger charge is -2.25. The van der Waals surface area contributed by atoms with Crippen LogP contribution >= 0.6 is 15.9 Å². The van der Waals surface area contributed by atoms with Crippen LogP contribution in [0.4, 0.5) is 0 Å². The maximum absolute atomic E-state index is 9.25. The fraction of sp³-hybridized carbons (Fsp3) is 0.538. The molecule has 0 saturated heterocycles. The molecule has 17 heavy (non-hydrogen) atoms. The second-order valence-corrected chi connectivity index (χ2v) is 5.42. The Balaban J connectivity index is 2.03. The van der Waals surface area contributed by atoms with Crippen LogP contribution in [0.25, 0.3) is 0 Å². The fourth-order valence-corrected chi connectivity index (χ4v) is 2.68. The van der Waals surface area contributed by atoms with Crippen LogP contribution in [0, 0.1) is 11.3 Å². The van der Waals surface area contributed by atoms with Crippen LogP contribution in [-0.4, -0.2) is 11.0 Å². The summed E-state index contributed by atoms with van der Waals surface area (Å²) in [5.41, 5.74) is 0.937. The molecule has 90 valence electrons. The van der Waals surface area contributed by atoms with E-state index in [0.717, 1.165) is 10.0 Å². The van der Waals surface area contributed by atoms with E-state index < -0.39 is 0 Å². The molecule has 1 aromatic heterocycles. The van der Waals surface area contributed by atoms with Gasteiger partial charge in [-0.2, -0.15) is 5.26 Å². The first kappa shape index (κ1) is 12.5. The number of hydrogen-bond acceptors (Lipinski definition) is 3. The molecule has 0 aromatic carbocycles. The molecule has 1 fully saturated rings. The molecule has 1 saturated carbocycles. The Bertz CT molecular complexity index is 407. The summed E-state index contributed by atoms with van der Waals surface area (Å²) in [6, 6.07) is 4.51. The largest absolute Gasteiger partial charge is 0.295 e.